The number of nitrogens with zero attached hydrogens (tertiary/aromatic N) is 1. The maximum absolute atomic E-state index is 14.1. The largest absolute Gasteiger partial charge is 0.298 e. The first kappa shape index (κ1) is 17.0. The Kier molecular flexibility index (Phi) is 4.22. The highest BCUT2D eigenvalue weighted by Gasteiger charge is 2.23. The summed E-state index contributed by atoms with van der Waals surface area (Å²) >= 11 is 0. The molecule has 0 aliphatic rings. The van der Waals surface area contributed by atoms with Crippen molar-refractivity contribution >= 4 is 16.3 Å². The molecule has 3 aromatic rings. The van der Waals surface area contributed by atoms with Gasteiger partial charge < -0.3 is 0 Å². The van der Waals surface area contributed by atoms with Gasteiger partial charge in [-0.25, -0.2) is 25.6 Å². The average Bonchev–Trinajstić information content (AvgIpc) is 3.00. The maximum atomic E-state index is 14.1. The van der Waals surface area contributed by atoms with Gasteiger partial charge in [-0.1, -0.05) is 0 Å². The van der Waals surface area contributed by atoms with E-state index in [1.54, 1.807) is 0 Å². The third kappa shape index (κ3) is 3.08. The van der Waals surface area contributed by atoms with Crippen LogP contribution in [-0.4, -0.2) is 18.7 Å². The predicted octanol–water partition coefficient (Wildman–Crippen LogP) is 3.62. The molecule has 0 unspecified atom stereocenters. The molecule has 0 radical (unpaired) electrons. The number of hydrogen-bond acceptors (Lipinski definition) is 3. The summed E-state index contributed by atoms with van der Waals surface area (Å²) in [5.41, 5.74) is -0.353. The van der Waals surface area contributed by atoms with E-state index in [0.29, 0.717) is 16.3 Å². The van der Waals surface area contributed by atoms with E-state index in [4.69, 9.17) is 0 Å². The summed E-state index contributed by atoms with van der Waals surface area (Å²) in [4.78, 5) is 10.8. The molecule has 3 rings (SSSR count). The van der Waals surface area contributed by atoms with Gasteiger partial charge in [0.05, 0.1) is 10.6 Å². The van der Waals surface area contributed by atoms with Crippen molar-refractivity contribution < 1.29 is 26.4 Å². The number of hydrogen-bond donors (Lipinski definition) is 0. The molecule has 0 aliphatic carbocycles. The monoisotopic (exact) mass is 365 g/mol. The molecule has 0 aliphatic heterocycles. The fourth-order valence-electron chi connectivity index (χ4n) is 2.34. The van der Waals surface area contributed by atoms with Crippen molar-refractivity contribution in [1.29, 1.82) is 0 Å². The van der Waals surface area contributed by atoms with Gasteiger partial charge in [0.25, 0.3) is 10.0 Å². The van der Waals surface area contributed by atoms with Crippen LogP contribution < -0.4 is 0 Å². The van der Waals surface area contributed by atoms with E-state index in [0.717, 1.165) is 42.6 Å². The van der Waals surface area contributed by atoms with Gasteiger partial charge in [-0.2, -0.15) is 0 Å². The van der Waals surface area contributed by atoms with E-state index in [9.17, 15) is 26.4 Å². The first-order chi connectivity index (χ1) is 11.8. The number of aldehydes is 1. The normalized spacial score (nSPS) is 11.5. The highest BCUT2D eigenvalue weighted by atomic mass is 32.2. The summed E-state index contributed by atoms with van der Waals surface area (Å²) in [6, 6.07) is 7.87. The van der Waals surface area contributed by atoms with Crippen molar-refractivity contribution in [1.82, 2.24) is 3.97 Å². The van der Waals surface area contributed by atoms with Crippen LogP contribution in [0.5, 0.6) is 0 Å². The Morgan fingerprint density at radius 1 is 0.880 bits per heavy atom. The van der Waals surface area contributed by atoms with Gasteiger partial charge in [0, 0.05) is 23.4 Å². The number of benzene rings is 2. The minimum atomic E-state index is -4.22. The van der Waals surface area contributed by atoms with Gasteiger partial charge in [0.15, 0.2) is 6.29 Å². The predicted molar refractivity (Wildman–Crippen MR) is 84.2 cm³/mol. The van der Waals surface area contributed by atoms with Gasteiger partial charge in [0.2, 0.25) is 0 Å². The first-order valence-electron chi connectivity index (χ1n) is 6.97. The Bertz CT molecular complexity index is 1060. The molecule has 0 spiro atoms. The van der Waals surface area contributed by atoms with Gasteiger partial charge >= 0.3 is 0 Å². The Morgan fingerprint density at radius 2 is 1.52 bits per heavy atom. The molecule has 0 amide bonds. The van der Waals surface area contributed by atoms with Crippen LogP contribution >= 0.6 is 0 Å². The van der Waals surface area contributed by atoms with Crippen LogP contribution in [0.1, 0.15) is 10.4 Å². The number of halogens is 3. The molecule has 128 valence electrons. The van der Waals surface area contributed by atoms with Crippen molar-refractivity contribution in [2.75, 3.05) is 0 Å². The first-order valence-corrected chi connectivity index (χ1v) is 8.41. The molecule has 0 saturated heterocycles. The molecular formula is C17H10F3NO3S. The van der Waals surface area contributed by atoms with Crippen LogP contribution in [0.3, 0.4) is 0 Å². The molecule has 0 atom stereocenters. The van der Waals surface area contributed by atoms with E-state index in [1.165, 1.54) is 6.07 Å². The average molecular weight is 365 g/mol. The van der Waals surface area contributed by atoms with E-state index in [1.807, 2.05) is 0 Å². The Hall–Kier alpha value is -2.87. The second-order valence-corrected chi connectivity index (χ2v) is 6.97. The van der Waals surface area contributed by atoms with E-state index in [2.05, 4.69) is 0 Å². The second-order valence-electron chi connectivity index (χ2n) is 5.16. The third-order valence-corrected chi connectivity index (χ3v) is 5.21. The van der Waals surface area contributed by atoms with E-state index < -0.39 is 27.5 Å². The molecule has 25 heavy (non-hydrogen) atoms. The topological polar surface area (TPSA) is 56.1 Å². The molecule has 4 nitrogen and oxygen atoms in total. The third-order valence-electron chi connectivity index (χ3n) is 3.52. The van der Waals surface area contributed by atoms with Crippen molar-refractivity contribution in [2.24, 2.45) is 0 Å². The highest BCUT2D eigenvalue weighted by Crippen LogP contribution is 2.29. The van der Waals surface area contributed by atoms with Crippen LogP contribution in [-0.2, 0) is 10.0 Å². The lowest BCUT2D eigenvalue weighted by molar-refractivity contribution is 0.112. The lowest BCUT2D eigenvalue weighted by Gasteiger charge is -2.11. The number of carbonyl (C=O) groups is 1. The molecule has 1 aromatic heterocycles. The van der Waals surface area contributed by atoms with Crippen LogP contribution in [0.2, 0.25) is 0 Å². The van der Waals surface area contributed by atoms with Crippen molar-refractivity contribution in [2.45, 2.75) is 4.90 Å². The van der Waals surface area contributed by atoms with Crippen LogP contribution in [0.25, 0.3) is 11.3 Å². The summed E-state index contributed by atoms with van der Waals surface area (Å²) in [5.74, 6) is -2.42. The fraction of sp³-hybridized carbons (Fsp3) is 0. The molecule has 0 fully saturated rings. The number of aromatic nitrogens is 1. The minimum Gasteiger partial charge on any atom is -0.298 e. The van der Waals surface area contributed by atoms with Crippen LogP contribution in [0.15, 0.2) is 59.6 Å². The lowest BCUT2D eigenvalue weighted by atomic mass is 10.1. The molecule has 1 heterocycles. The maximum Gasteiger partial charge on any atom is 0.268 e. The zero-order valence-corrected chi connectivity index (χ0v) is 13.3. The number of carbonyl (C=O) groups excluding carboxylic acids is 1. The van der Waals surface area contributed by atoms with Crippen molar-refractivity contribution in [3.63, 3.8) is 0 Å². The smallest absolute Gasteiger partial charge is 0.268 e. The fourth-order valence-corrected chi connectivity index (χ4v) is 3.72. The zero-order chi connectivity index (χ0) is 18.2. The zero-order valence-electron chi connectivity index (χ0n) is 12.5. The summed E-state index contributed by atoms with van der Waals surface area (Å²) in [6.45, 7) is 0. The number of rotatable bonds is 4. The van der Waals surface area contributed by atoms with Crippen molar-refractivity contribution in [3.05, 3.63) is 77.7 Å². The molecule has 0 saturated carbocycles. The summed E-state index contributed by atoms with van der Waals surface area (Å²) in [5, 5.41) is 0. The Balaban J connectivity index is 2.24. The molecule has 0 bridgehead atoms. The minimum absolute atomic E-state index is 0.00980. The van der Waals surface area contributed by atoms with Crippen LogP contribution in [0.4, 0.5) is 13.2 Å². The standard InChI is InChI=1S/C17H10F3NO3S/c18-12-1-4-14(5-2-12)25(23,24)21-9-11(10-22)7-17(21)15-6-3-13(19)8-16(15)20/h1-10H. The highest BCUT2D eigenvalue weighted by molar-refractivity contribution is 7.90. The summed E-state index contributed by atoms with van der Waals surface area (Å²) < 4.78 is 66.5. The molecular weight excluding hydrogens is 355 g/mol. The molecule has 8 heteroatoms. The Morgan fingerprint density at radius 3 is 2.12 bits per heavy atom. The van der Waals surface area contributed by atoms with Gasteiger partial charge in [0.1, 0.15) is 17.5 Å². The molecule has 0 N–H and O–H groups in total. The van der Waals surface area contributed by atoms with E-state index in [-0.39, 0.29) is 21.7 Å². The quantitative estimate of drug-likeness (QED) is 0.664. The van der Waals surface area contributed by atoms with E-state index >= 15 is 0 Å². The van der Waals surface area contributed by atoms with Gasteiger partial charge in [-0.3, -0.25) is 4.79 Å². The molecule has 2 aromatic carbocycles. The van der Waals surface area contributed by atoms with Crippen LogP contribution in [0, 0.1) is 17.5 Å². The summed E-state index contributed by atoms with van der Waals surface area (Å²) in [7, 11) is -4.22. The second kappa shape index (κ2) is 6.21. The summed E-state index contributed by atoms with van der Waals surface area (Å²) in [6.07, 6.45) is 1.42. The Labute approximate surface area is 141 Å². The van der Waals surface area contributed by atoms with Gasteiger partial charge in [-0.15, -0.1) is 0 Å². The lowest BCUT2D eigenvalue weighted by Crippen LogP contribution is -2.13. The SMILES string of the molecule is O=Cc1cc(-c2ccc(F)cc2F)n(S(=O)(=O)c2ccc(F)cc2)c1. The van der Waals surface area contributed by atoms with Gasteiger partial charge in [-0.05, 0) is 42.5 Å². The van der Waals surface area contributed by atoms with Crippen molar-refractivity contribution in [3.8, 4) is 11.3 Å².